The lowest BCUT2D eigenvalue weighted by Crippen LogP contribution is -2.26. The molecule has 0 aliphatic rings. The number of carbonyl (C=O) groups is 1. The molecule has 0 spiro atoms. The number of nitrogens with zero attached hydrogens (tertiary/aromatic N) is 5. The average Bonchev–Trinajstić information content (AvgIpc) is 3.29. The number of hydrogen-bond acceptors (Lipinski definition) is 4. The van der Waals surface area contributed by atoms with Gasteiger partial charge >= 0.3 is 0 Å². The normalized spacial score (nSPS) is 11.0. The Labute approximate surface area is 160 Å². The first-order valence-electron chi connectivity index (χ1n) is 8.55. The van der Waals surface area contributed by atoms with E-state index >= 15 is 0 Å². The smallest absolute Gasteiger partial charge is 0.271 e. The SMILES string of the molecule is CCn1ncc(Cl)c1C(=O)NCc1cccnc1-n1cnc2ccccc21. The van der Waals surface area contributed by atoms with Gasteiger partial charge in [0.1, 0.15) is 17.8 Å². The quantitative estimate of drug-likeness (QED) is 0.576. The topological polar surface area (TPSA) is 77.6 Å². The molecule has 136 valence electrons. The van der Waals surface area contributed by atoms with Crippen molar-refractivity contribution in [3.05, 3.63) is 71.4 Å². The number of halogens is 1. The summed E-state index contributed by atoms with van der Waals surface area (Å²) in [6, 6.07) is 11.6. The fourth-order valence-corrected chi connectivity index (χ4v) is 3.23. The minimum absolute atomic E-state index is 0.273. The molecule has 0 radical (unpaired) electrons. The fourth-order valence-electron chi connectivity index (χ4n) is 3.00. The van der Waals surface area contributed by atoms with E-state index < -0.39 is 0 Å². The maximum atomic E-state index is 12.6. The Balaban J connectivity index is 1.62. The second kappa shape index (κ2) is 7.20. The largest absolute Gasteiger partial charge is 0.346 e. The van der Waals surface area contributed by atoms with E-state index in [1.807, 2.05) is 47.9 Å². The molecule has 4 rings (SSSR count). The molecule has 0 aliphatic carbocycles. The molecule has 1 aromatic carbocycles. The Morgan fingerprint density at radius 1 is 1.19 bits per heavy atom. The third-order valence-electron chi connectivity index (χ3n) is 4.30. The number of aryl methyl sites for hydroxylation is 1. The maximum Gasteiger partial charge on any atom is 0.271 e. The van der Waals surface area contributed by atoms with Crippen LogP contribution in [0.1, 0.15) is 23.0 Å². The van der Waals surface area contributed by atoms with E-state index in [4.69, 9.17) is 11.6 Å². The van der Waals surface area contributed by atoms with Gasteiger partial charge < -0.3 is 5.32 Å². The molecular formula is C19H17ClN6O. The number of para-hydroxylation sites is 2. The number of carbonyl (C=O) groups excluding carboxylic acids is 1. The molecule has 0 saturated carbocycles. The Morgan fingerprint density at radius 3 is 2.89 bits per heavy atom. The van der Waals surface area contributed by atoms with Gasteiger partial charge in [-0.2, -0.15) is 5.10 Å². The van der Waals surface area contributed by atoms with Gasteiger partial charge in [0.25, 0.3) is 5.91 Å². The van der Waals surface area contributed by atoms with Gasteiger partial charge in [-0.1, -0.05) is 29.8 Å². The lowest BCUT2D eigenvalue weighted by atomic mass is 10.2. The van der Waals surface area contributed by atoms with Gasteiger partial charge in [0.2, 0.25) is 0 Å². The van der Waals surface area contributed by atoms with Gasteiger partial charge in [0.05, 0.1) is 22.3 Å². The molecule has 7 nitrogen and oxygen atoms in total. The van der Waals surface area contributed by atoms with Crippen molar-refractivity contribution >= 4 is 28.5 Å². The second-order valence-electron chi connectivity index (χ2n) is 5.93. The van der Waals surface area contributed by atoms with Gasteiger partial charge in [0.15, 0.2) is 0 Å². The summed E-state index contributed by atoms with van der Waals surface area (Å²) < 4.78 is 3.49. The fraction of sp³-hybridized carbons (Fsp3) is 0.158. The average molecular weight is 381 g/mol. The number of rotatable bonds is 5. The molecular weight excluding hydrogens is 364 g/mol. The first kappa shape index (κ1) is 17.2. The summed E-state index contributed by atoms with van der Waals surface area (Å²) in [5.74, 6) is 0.450. The zero-order valence-electron chi connectivity index (χ0n) is 14.6. The molecule has 3 aromatic heterocycles. The van der Waals surface area contributed by atoms with Crippen LogP contribution in [0.15, 0.2) is 55.1 Å². The highest BCUT2D eigenvalue weighted by atomic mass is 35.5. The number of nitrogens with one attached hydrogen (secondary N) is 1. The first-order valence-corrected chi connectivity index (χ1v) is 8.92. The van der Waals surface area contributed by atoms with Crippen molar-refractivity contribution in [2.75, 3.05) is 0 Å². The lowest BCUT2D eigenvalue weighted by Gasteiger charge is -2.12. The van der Waals surface area contributed by atoms with E-state index in [1.165, 1.54) is 6.20 Å². The van der Waals surface area contributed by atoms with Crippen LogP contribution >= 0.6 is 11.6 Å². The molecule has 1 amide bonds. The standard InChI is InChI=1S/C19H17ClN6O/c1-2-26-17(14(20)11-24-26)19(27)22-10-13-6-5-9-21-18(13)25-12-23-15-7-3-4-8-16(15)25/h3-9,11-12H,2,10H2,1H3,(H,22,27). The first-order chi connectivity index (χ1) is 13.2. The number of fused-ring (bicyclic) bond motifs is 1. The Kier molecular flexibility index (Phi) is 4.60. The number of pyridine rings is 1. The lowest BCUT2D eigenvalue weighted by molar-refractivity contribution is 0.0940. The van der Waals surface area contributed by atoms with E-state index in [-0.39, 0.29) is 5.91 Å². The highest BCUT2D eigenvalue weighted by Gasteiger charge is 2.17. The molecule has 1 N–H and O–H groups in total. The summed E-state index contributed by atoms with van der Waals surface area (Å²) in [6.07, 6.45) is 4.94. The van der Waals surface area contributed by atoms with Crippen molar-refractivity contribution in [2.24, 2.45) is 0 Å². The van der Waals surface area contributed by atoms with Crippen molar-refractivity contribution in [1.29, 1.82) is 0 Å². The minimum atomic E-state index is -0.273. The van der Waals surface area contributed by atoms with Gasteiger partial charge in [-0.3, -0.25) is 14.0 Å². The zero-order chi connectivity index (χ0) is 18.8. The summed E-state index contributed by atoms with van der Waals surface area (Å²) >= 11 is 6.11. The van der Waals surface area contributed by atoms with Crippen LogP contribution in [-0.2, 0) is 13.1 Å². The predicted octanol–water partition coefficient (Wildman–Crippen LogP) is 3.22. The third-order valence-corrected chi connectivity index (χ3v) is 4.57. The van der Waals surface area contributed by atoms with Gasteiger partial charge in [0, 0.05) is 24.8 Å². The number of amides is 1. The van der Waals surface area contributed by atoms with Crippen LogP contribution in [0.25, 0.3) is 16.9 Å². The van der Waals surface area contributed by atoms with Crippen LogP contribution in [-0.4, -0.2) is 30.2 Å². The Morgan fingerprint density at radius 2 is 2.04 bits per heavy atom. The summed E-state index contributed by atoms with van der Waals surface area (Å²) in [5, 5.41) is 7.35. The van der Waals surface area contributed by atoms with Crippen LogP contribution in [0.5, 0.6) is 0 Å². The van der Waals surface area contributed by atoms with Crippen molar-refractivity contribution in [2.45, 2.75) is 20.0 Å². The monoisotopic (exact) mass is 380 g/mol. The third kappa shape index (κ3) is 3.17. The van der Waals surface area contributed by atoms with Crippen LogP contribution in [0.2, 0.25) is 5.02 Å². The molecule has 3 heterocycles. The van der Waals surface area contributed by atoms with E-state index in [0.717, 1.165) is 22.4 Å². The molecule has 8 heteroatoms. The number of imidazole rings is 1. The molecule has 0 saturated heterocycles. The molecule has 0 bridgehead atoms. The predicted molar refractivity (Wildman–Crippen MR) is 103 cm³/mol. The number of hydrogen-bond donors (Lipinski definition) is 1. The van der Waals surface area contributed by atoms with Crippen molar-refractivity contribution in [3.63, 3.8) is 0 Å². The highest BCUT2D eigenvalue weighted by molar-refractivity contribution is 6.33. The maximum absolute atomic E-state index is 12.6. The van der Waals surface area contributed by atoms with Gasteiger partial charge in [-0.25, -0.2) is 9.97 Å². The molecule has 0 atom stereocenters. The van der Waals surface area contributed by atoms with E-state index in [2.05, 4.69) is 20.4 Å². The van der Waals surface area contributed by atoms with Crippen LogP contribution in [0, 0.1) is 0 Å². The Bertz CT molecular complexity index is 1120. The second-order valence-corrected chi connectivity index (χ2v) is 6.34. The van der Waals surface area contributed by atoms with E-state index in [1.54, 1.807) is 17.2 Å². The number of aromatic nitrogens is 5. The van der Waals surface area contributed by atoms with E-state index in [0.29, 0.717) is 23.8 Å². The van der Waals surface area contributed by atoms with Crippen molar-refractivity contribution < 1.29 is 4.79 Å². The highest BCUT2D eigenvalue weighted by Crippen LogP contribution is 2.20. The minimum Gasteiger partial charge on any atom is -0.346 e. The summed E-state index contributed by atoms with van der Waals surface area (Å²) in [7, 11) is 0. The molecule has 27 heavy (non-hydrogen) atoms. The summed E-state index contributed by atoms with van der Waals surface area (Å²) in [6.45, 7) is 2.78. The summed E-state index contributed by atoms with van der Waals surface area (Å²) in [4.78, 5) is 21.5. The van der Waals surface area contributed by atoms with Crippen LogP contribution < -0.4 is 5.32 Å². The van der Waals surface area contributed by atoms with Crippen LogP contribution in [0.3, 0.4) is 0 Å². The van der Waals surface area contributed by atoms with Crippen molar-refractivity contribution in [1.82, 2.24) is 29.6 Å². The molecule has 0 unspecified atom stereocenters. The van der Waals surface area contributed by atoms with E-state index in [9.17, 15) is 4.79 Å². The van der Waals surface area contributed by atoms with Crippen molar-refractivity contribution in [3.8, 4) is 5.82 Å². The Hall–Kier alpha value is -3.19. The van der Waals surface area contributed by atoms with Gasteiger partial charge in [-0.05, 0) is 25.1 Å². The molecule has 0 aliphatic heterocycles. The molecule has 4 aromatic rings. The summed E-state index contributed by atoms with van der Waals surface area (Å²) in [5.41, 5.74) is 3.07. The van der Waals surface area contributed by atoms with Gasteiger partial charge in [-0.15, -0.1) is 0 Å². The van der Waals surface area contributed by atoms with Crippen LogP contribution in [0.4, 0.5) is 0 Å². The molecule has 0 fully saturated rings. The zero-order valence-corrected chi connectivity index (χ0v) is 15.4. The number of benzene rings is 1.